The number of rotatable bonds is 5. The molecule has 0 saturated heterocycles. The second kappa shape index (κ2) is 7.72. The van der Waals surface area contributed by atoms with Crippen molar-refractivity contribution < 1.29 is 18.9 Å². The summed E-state index contributed by atoms with van der Waals surface area (Å²) < 4.78 is 22.1. The van der Waals surface area contributed by atoms with Crippen LogP contribution in [0.25, 0.3) is 11.3 Å². The van der Waals surface area contributed by atoms with Gasteiger partial charge >= 0.3 is 0 Å². The minimum atomic E-state index is -0.566. The van der Waals surface area contributed by atoms with Crippen molar-refractivity contribution in [2.75, 3.05) is 21.3 Å². The van der Waals surface area contributed by atoms with Crippen LogP contribution < -0.4 is 24.7 Å². The number of aromatic nitrogens is 2. The van der Waals surface area contributed by atoms with Gasteiger partial charge in [0.2, 0.25) is 11.8 Å². The Bertz CT molecular complexity index is 1180. The van der Waals surface area contributed by atoms with Gasteiger partial charge in [0.25, 0.3) is 0 Å². The quantitative estimate of drug-likeness (QED) is 0.670. The molecule has 1 unspecified atom stereocenters. The van der Waals surface area contributed by atoms with E-state index in [0.717, 1.165) is 5.56 Å². The number of nitrogens with zero attached hydrogens (tertiary/aromatic N) is 2. The number of ether oxygens (including phenoxy) is 4. The van der Waals surface area contributed by atoms with Gasteiger partial charge in [-0.2, -0.15) is 5.26 Å². The standard InChI is InChI=1S/C22H20N4O4/c1-27-13-7-4-6-12(10-13)19-18-17(14-8-5-9-16(28-2)20(14)29-3)15(11-23)21(24)30-22(18)26-25-19/h4-10,17H,24H2,1-3H3,(H,25,26). The van der Waals surface area contributed by atoms with Crippen molar-refractivity contribution in [3.63, 3.8) is 0 Å². The summed E-state index contributed by atoms with van der Waals surface area (Å²) in [5.74, 6) is 1.49. The molecule has 0 saturated carbocycles. The first kappa shape index (κ1) is 19.2. The van der Waals surface area contributed by atoms with Crippen molar-refractivity contribution in [3.8, 4) is 40.5 Å². The molecule has 1 aliphatic heterocycles. The molecular weight excluding hydrogens is 384 g/mol. The zero-order valence-electron chi connectivity index (χ0n) is 16.7. The Morgan fingerprint density at radius 2 is 1.90 bits per heavy atom. The van der Waals surface area contributed by atoms with Gasteiger partial charge in [-0.15, -0.1) is 5.10 Å². The predicted molar refractivity (Wildman–Crippen MR) is 109 cm³/mol. The Morgan fingerprint density at radius 3 is 2.60 bits per heavy atom. The molecule has 8 nitrogen and oxygen atoms in total. The van der Waals surface area contributed by atoms with Crippen LogP contribution in [0, 0.1) is 11.3 Å². The zero-order chi connectivity index (χ0) is 21.3. The number of nitriles is 1. The largest absolute Gasteiger partial charge is 0.497 e. The third kappa shape index (κ3) is 2.97. The Kier molecular flexibility index (Phi) is 4.94. The van der Waals surface area contributed by atoms with Gasteiger partial charge in [0.1, 0.15) is 17.4 Å². The molecule has 0 aliphatic carbocycles. The summed E-state index contributed by atoms with van der Waals surface area (Å²) in [6.45, 7) is 0. The lowest BCUT2D eigenvalue weighted by Gasteiger charge is -2.26. The first-order chi connectivity index (χ1) is 14.6. The molecular formula is C22H20N4O4. The molecule has 3 N–H and O–H groups in total. The molecule has 0 bridgehead atoms. The van der Waals surface area contributed by atoms with Crippen molar-refractivity contribution >= 4 is 0 Å². The van der Waals surface area contributed by atoms with Gasteiger partial charge in [-0.25, -0.2) is 0 Å². The van der Waals surface area contributed by atoms with Crippen LogP contribution in [0.2, 0.25) is 0 Å². The first-order valence-electron chi connectivity index (χ1n) is 9.14. The molecule has 1 aliphatic rings. The van der Waals surface area contributed by atoms with Gasteiger partial charge < -0.3 is 24.7 Å². The minimum absolute atomic E-state index is 0.00330. The van der Waals surface area contributed by atoms with Crippen LogP contribution in [0.15, 0.2) is 53.9 Å². The highest BCUT2D eigenvalue weighted by atomic mass is 16.5. The van der Waals surface area contributed by atoms with E-state index in [4.69, 9.17) is 24.7 Å². The molecule has 2 aromatic carbocycles. The van der Waals surface area contributed by atoms with Crippen LogP contribution in [0.3, 0.4) is 0 Å². The van der Waals surface area contributed by atoms with E-state index in [1.807, 2.05) is 36.4 Å². The van der Waals surface area contributed by atoms with Crippen molar-refractivity contribution in [3.05, 3.63) is 65.0 Å². The highest BCUT2D eigenvalue weighted by molar-refractivity contribution is 5.73. The van der Waals surface area contributed by atoms with Crippen molar-refractivity contribution in [1.29, 1.82) is 5.26 Å². The number of nitrogens with one attached hydrogen (secondary N) is 1. The molecule has 152 valence electrons. The van der Waals surface area contributed by atoms with Gasteiger partial charge in [-0.3, -0.25) is 5.10 Å². The average molecular weight is 404 g/mol. The Morgan fingerprint density at radius 1 is 1.10 bits per heavy atom. The van der Waals surface area contributed by atoms with Gasteiger partial charge in [-0.1, -0.05) is 24.3 Å². The number of fused-ring (bicyclic) bond motifs is 1. The van der Waals surface area contributed by atoms with E-state index in [1.54, 1.807) is 27.4 Å². The lowest BCUT2D eigenvalue weighted by atomic mass is 9.82. The molecule has 4 rings (SSSR count). The van der Waals surface area contributed by atoms with Gasteiger partial charge in [0.05, 0.1) is 38.5 Å². The summed E-state index contributed by atoms with van der Waals surface area (Å²) in [4.78, 5) is 0. The summed E-state index contributed by atoms with van der Waals surface area (Å²) in [5, 5.41) is 17.2. The monoisotopic (exact) mass is 404 g/mol. The molecule has 0 spiro atoms. The Labute approximate surface area is 173 Å². The molecule has 1 aromatic heterocycles. The summed E-state index contributed by atoms with van der Waals surface area (Å²) >= 11 is 0. The average Bonchev–Trinajstić information content (AvgIpc) is 3.20. The van der Waals surface area contributed by atoms with Gasteiger partial charge in [-0.05, 0) is 18.2 Å². The number of allylic oxidation sites excluding steroid dienone is 1. The topological polar surface area (TPSA) is 115 Å². The maximum Gasteiger partial charge on any atom is 0.244 e. The Hall–Kier alpha value is -4.12. The number of H-pyrrole nitrogens is 1. The van der Waals surface area contributed by atoms with Crippen LogP contribution in [0.5, 0.6) is 23.1 Å². The van der Waals surface area contributed by atoms with Crippen LogP contribution >= 0.6 is 0 Å². The number of para-hydroxylation sites is 1. The number of hydrogen-bond acceptors (Lipinski definition) is 7. The summed E-state index contributed by atoms with van der Waals surface area (Å²) in [5.41, 5.74) is 9.26. The maximum absolute atomic E-state index is 9.90. The van der Waals surface area contributed by atoms with Crippen LogP contribution in [-0.4, -0.2) is 31.5 Å². The zero-order valence-corrected chi connectivity index (χ0v) is 16.7. The minimum Gasteiger partial charge on any atom is -0.497 e. The molecule has 30 heavy (non-hydrogen) atoms. The summed E-state index contributed by atoms with van der Waals surface area (Å²) in [7, 11) is 4.72. The third-order valence-electron chi connectivity index (χ3n) is 5.04. The predicted octanol–water partition coefficient (Wildman–Crippen LogP) is 3.32. The second-order valence-electron chi connectivity index (χ2n) is 6.56. The summed E-state index contributed by atoms with van der Waals surface area (Å²) in [6.07, 6.45) is 0. The van der Waals surface area contributed by atoms with Crippen LogP contribution in [0.4, 0.5) is 0 Å². The molecule has 1 atom stereocenters. The fourth-order valence-corrected chi connectivity index (χ4v) is 3.69. The van der Waals surface area contributed by atoms with Gasteiger partial charge in [0, 0.05) is 11.1 Å². The van der Waals surface area contributed by atoms with E-state index in [9.17, 15) is 5.26 Å². The van der Waals surface area contributed by atoms with Crippen molar-refractivity contribution in [1.82, 2.24) is 10.2 Å². The molecule has 0 amide bonds. The molecule has 0 radical (unpaired) electrons. The smallest absolute Gasteiger partial charge is 0.244 e. The highest BCUT2D eigenvalue weighted by Gasteiger charge is 2.37. The Balaban J connectivity index is 1.99. The van der Waals surface area contributed by atoms with E-state index < -0.39 is 5.92 Å². The third-order valence-corrected chi connectivity index (χ3v) is 5.04. The molecule has 8 heteroatoms. The molecule has 0 fully saturated rings. The molecule has 3 aromatic rings. The van der Waals surface area contributed by atoms with E-state index in [-0.39, 0.29) is 11.5 Å². The van der Waals surface area contributed by atoms with Crippen LogP contribution in [-0.2, 0) is 0 Å². The maximum atomic E-state index is 9.90. The summed E-state index contributed by atoms with van der Waals surface area (Å²) in [6, 6.07) is 15.2. The lowest BCUT2D eigenvalue weighted by Crippen LogP contribution is -2.21. The van der Waals surface area contributed by atoms with E-state index >= 15 is 0 Å². The first-order valence-corrected chi connectivity index (χ1v) is 9.14. The van der Waals surface area contributed by atoms with Crippen molar-refractivity contribution in [2.24, 2.45) is 5.73 Å². The SMILES string of the molecule is COc1cccc(-c2[nH]nc3c2C(c2cccc(OC)c2OC)C(C#N)=C(N)O3)c1. The van der Waals surface area contributed by atoms with E-state index in [1.165, 1.54) is 0 Å². The molecule has 2 heterocycles. The number of methoxy groups -OCH3 is 3. The second-order valence-corrected chi connectivity index (χ2v) is 6.56. The number of aromatic amines is 1. The number of benzene rings is 2. The van der Waals surface area contributed by atoms with E-state index in [2.05, 4.69) is 16.3 Å². The fraction of sp³-hybridized carbons (Fsp3) is 0.182. The highest BCUT2D eigenvalue weighted by Crippen LogP contribution is 2.49. The van der Waals surface area contributed by atoms with Gasteiger partial charge in [0.15, 0.2) is 11.5 Å². The fourth-order valence-electron chi connectivity index (χ4n) is 3.69. The van der Waals surface area contributed by atoms with Crippen molar-refractivity contribution in [2.45, 2.75) is 5.92 Å². The number of nitrogens with two attached hydrogens (primary N) is 1. The normalized spacial score (nSPS) is 15.1. The van der Waals surface area contributed by atoms with Crippen LogP contribution in [0.1, 0.15) is 17.0 Å². The number of hydrogen-bond donors (Lipinski definition) is 2. The lowest BCUT2D eigenvalue weighted by molar-refractivity contribution is 0.348. The van der Waals surface area contributed by atoms with E-state index in [0.29, 0.717) is 39.9 Å².